The molecule has 1 fully saturated rings. The first-order chi connectivity index (χ1) is 14.5. The summed E-state index contributed by atoms with van der Waals surface area (Å²) >= 11 is 1.48. The van der Waals surface area contributed by atoms with Gasteiger partial charge in [0.1, 0.15) is 11.3 Å². The number of thioether (sulfide) groups is 1. The van der Waals surface area contributed by atoms with E-state index in [2.05, 4.69) is 23.5 Å². The van der Waals surface area contributed by atoms with Gasteiger partial charge in [0.15, 0.2) is 0 Å². The number of furan rings is 1. The summed E-state index contributed by atoms with van der Waals surface area (Å²) in [5, 5.41) is 3.65. The van der Waals surface area contributed by atoms with Crippen LogP contribution in [0.2, 0.25) is 0 Å². The highest BCUT2D eigenvalue weighted by Gasteiger charge is 2.27. The number of nitrogens with zero attached hydrogens (tertiary/aromatic N) is 1. The fourth-order valence-corrected chi connectivity index (χ4v) is 4.34. The minimum absolute atomic E-state index is 0.170. The Morgan fingerprint density at radius 1 is 1.10 bits per heavy atom. The molecule has 30 heavy (non-hydrogen) atoms. The van der Waals surface area contributed by atoms with Gasteiger partial charge in [-0.05, 0) is 37.6 Å². The number of ether oxygens (including phenoxy) is 1. The molecule has 1 aliphatic heterocycles. The third-order valence-electron chi connectivity index (χ3n) is 5.05. The van der Waals surface area contributed by atoms with Crippen molar-refractivity contribution >= 4 is 40.2 Å². The van der Waals surface area contributed by atoms with Crippen molar-refractivity contribution in [1.29, 1.82) is 0 Å². The first-order valence-electron chi connectivity index (χ1n) is 9.91. The molecule has 156 valence electrons. The van der Waals surface area contributed by atoms with Crippen LogP contribution < -0.4 is 5.32 Å². The van der Waals surface area contributed by atoms with Gasteiger partial charge in [0.05, 0.1) is 19.0 Å². The summed E-state index contributed by atoms with van der Waals surface area (Å²) in [7, 11) is 0. The molecule has 2 heterocycles. The second kappa shape index (κ2) is 8.93. The molecule has 1 saturated heterocycles. The molecule has 6 nitrogen and oxygen atoms in total. The average Bonchev–Trinajstić information content (AvgIpc) is 3.13. The molecule has 0 atom stereocenters. The highest BCUT2D eigenvalue weighted by atomic mass is 32.2. The van der Waals surface area contributed by atoms with Crippen molar-refractivity contribution in [2.45, 2.75) is 18.7 Å². The Morgan fingerprint density at radius 3 is 2.67 bits per heavy atom. The average molecular weight is 425 g/mol. The lowest BCUT2D eigenvalue weighted by Gasteiger charge is -2.26. The van der Waals surface area contributed by atoms with Crippen LogP contribution in [0.4, 0.5) is 5.69 Å². The van der Waals surface area contributed by atoms with Crippen LogP contribution in [0.25, 0.3) is 11.0 Å². The van der Waals surface area contributed by atoms with E-state index in [9.17, 15) is 9.59 Å². The molecule has 0 saturated carbocycles. The van der Waals surface area contributed by atoms with Crippen LogP contribution in [0.5, 0.6) is 0 Å². The highest BCUT2D eigenvalue weighted by molar-refractivity contribution is 8.00. The number of aryl methyl sites for hydroxylation is 2. The lowest BCUT2D eigenvalue weighted by Crippen LogP contribution is -2.40. The Balaban J connectivity index is 1.55. The number of para-hydroxylation sites is 1. The number of amides is 2. The van der Waals surface area contributed by atoms with Crippen LogP contribution in [0, 0.1) is 13.8 Å². The van der Waals surface area contributed by atoms with Crippen molar-refractivity contribution in [3.63, 3.8) is 0 Å². The Morgan fingerprint density at radius 2 is 1.87 bits per heavy atom. The van der Waals surface area contributed by atoms with E-state index in [1.807, 2.05) is 32.0 Å². The lowest BCUT2D eigenvalue weighted by atomic mass is 10.2. The normalized spacial score (nSPS) is 14.1. The molecular formula is C23H24N2O4S. The van der Waals surface area contributed by atoms with Gasteiger partial charge in [-0.3, -0.25) is 9.59 Å². The zero-order chi connectivity index (χ0) is 21.1. The summed E-state index contributed by atoms with van der Waals surface area (Å²) in [4.78, 5) is 28.6. The van der Waals surface area contributed by atoms with E-state index >= 15 is 0 Å². The van der Waals surface area contributed by atoms with E-state index in [0.29, 0.717) is 37.6 Å². The summed E-state index contributed by atoms with van der Waals surface area (Å²) in [5.41, 5.74) is 3.30. The molecule has 4 rings (SSSR count). The summed E-state index contributed by atoms with van der Waals surface area (Å²) in [6.07, 6.45) is 0. The first kappa shape index (κ1) is 20.5. The summed E-state index contributed by atoms with van der Waals surface area (Å²) < 4.78 is 11.2. The fourth-order valence-electron chi connectivity index (χ4n) is 3.41. The SMILES string of the molecule is Cc1ccc(C)c(SCC(=O)Nc2c(C(=O)N3CCOCC3)oc3ccccc23)c1. The largest absolute Gasteiger partial charge is 0.449 e. The minimum atomic E-state index is -0.230. The Bertz CT molecular complexity index is 1090. The minimum Gasteiger partial charge on any atom is -0.449 e. The van der Waals surface area contributed by atoms with Crippen LogP contribution in [-0.4, -0.2) is 48.8 Å². The maximum Gasteiger partial charge on any atom is 0.291 e. The molecule has 1 aromatic heterocycles. The van der Waals surface area contributed by atoms with Crippen molar-refractivity contribution in [1.82, 2.24) is 4.90 Å². The molecule has 2 amide bonds. The van der Waals surface area contributed by atoms with Crippen LogP contribution in [0.15, 0.2) is 51.8 Å². The van der Waals surface area contributed by atoms with Gasteiger partial charge < -0.3 is 19.4 Å². The van der Waals surface area contributed by atoms with Crippen LogP contribution in [0.3, 0.4) is 0 Å². The number of rotatable bonds is 5. The number of nitrogens with one attached hydrogen (secondary N) is 1. The van der Waals surface area contributed by atoms with E-state index in [1.54, 1.807) is 11.0 Å². The van der Waals surface area contributed by atoms with Crippen molar-refractivity contribution in [2.24, 2.45) is 0 Å². The van der Waals surface area contributed by atoms with Crippen molar-refractivity contribution in [3.05, 3.63) is 59.4 Å². The fraction of sp³-hybridized carbons (Fsp3) is 0.304. The first-order valence-corrected chi connectivity index (χ1v) is 10.9. The van der Waals surface area contributed by atoms with E-state index in [1.165, 1.54) is 11.8 Å². The zero-order valence-electron chi connectivity index (χ0n) is 17.1. The van der Waals surface area contributed by atoms with E-state index in [0.717, 1.165) is 21.4 Å². The Labute approximate surface area is 179 Å². The standard InChI is InChI=1S/C23H24N2O4S/c1-15-7-8-16(2)19(13-15)30-14-20(26)24-21-17-5-3-4-6-18(17)29-22(21)23(27)25-9-11-28-12-10-25/h3-8,13H,9-12,14H2,1-2H3,(H,24,26). The number of anilines is 1. The third-order valence-corrected chi connectivity index (χ3v) is 6.21. The smallest absolute Gasteiger partial charge is 0.291 e. The topological polar surface area (TPSA) is 71.8 Å². The number of carbonyl (C=O) groups is 2. The molecule has 1 aliphatic rings. The van der Waals surface area contributed by atoms with E-state index in [4.69, 9.17) is 9.15 Å². The van der Waals surface area contributed by atoms with Crippen molar-refractivity contribution in [3.8, 4) is 0 Å². The third kappa shape index (κ3) is 4.37. The van der Waals surface area contributed by atoms with Gasteiger partial charge in [0.2, 0.25) is 11.7 Å². The van der Waals surface area contributed by atoms with Gasteiger partial charge in [-0.2, -0.15) is 0 Å². The van der Waals surface area contributed by atoms with Gasteiger partial charge in [0, 0.05) is 23.4 Å². The zero-order valence-corrected chi connectivity index (χ0v) is 17.9. The summed E-state index contributed by atoms with van der Waals surface area (Å²) in [5.74, 6) is 0.00767. The molecule has 0 spiro atoms. The predicted molar refractivity (Wildman–Crippen MR) is 118 cm³/mol. The van der Waals surface area contributed by atoms with Gasteiger partial charge in [0.25, 0.3) is 5.91 Å². The molecule has 0 bridgehead atoms. The highest BCUT2D eigenvalue weighted by Crippen LogP contribution is 2.32. The predicted octanol–water partition coefficient (Wildman–Crippen LogP) is 4.25. The van der Waals surface area contributed by atoms with Crippen molar-refractivity contribution < 1.29 is 18.7 Å². The monoisotopic (exact) mass is 424 g/mol. The molecule has 0 aliphatic carbocycles. The lowest BCUT2D eigenvalue weighted by molar-refractivity contribution is -0.113. The molecule has 3 aromatic rings. The van der Waals surface area contributed by atoms with Crippen LogP contribution in [-0.2, 0) is 9.53 Å². The number of hydrogen-bond donors (Lipinski definition) is 1. The van der Waals surface area contributed by atoms with Gasteiger partial charge in [-0.15, -0.1) is 11.8 Å². The molecule has 0 unspecified atom stereocenters. The molecule has 7 heteroatoms. The quantitative estimate of drug-likeness (QED) is 0.620. The van der Waals surface area contributed by atoms with Gasteiger partial charge >= 0.3 is 0 Å². The number of carbonyl (C=O) groups excluding carboxylic acids is 2. The maximum atomic E-state index is 13.1. The Kier molecular flexibility index (Phi) is 6.11. The summed E-state index contributed by atoms with van der Waals surface area (Å²) in [6, 6.07) is 13.5. The molecule has 1 N–H and O–H groups in total. The van der Waals surface area contributed by atoms with Crippen LogP contribution in [0.1, 0.15) is 21.7 Å². The van der Waals surface area contributed by atoms with Gasteiger partial charge in [-0.25, -0.2) is 0 Å². The number of morpholine rings is 1. The van der Waals surface area contributed by atoms with E-state index < -0.39 is 0 Å². The number of benzene rings is 2. The Hall–Kier alpha value is -2.77. The summed E-state index contributed by atoms with van der Waals surface area (Å²) in [6.45, 7) is 6.07. The van der Waals surface area contributed by atoms with Crippen molar-refractivity contribution in [2.75, 3.05) is 37.4 Å². The number of hydrogen-bond acceptors (Lipinski definition) is 5. The van der Waals surface area contributed by atoms with Crippen LogP contribution >= 0.6 is 11.8 Å². The van der Waals surface area contributed by atoms with E-state index in [-0.39, 0.29) is 23.3 Å². The maximum absolute atomic E-state index is 13.1. The second-order valence-corrected chi connectivity index (χ2v) is 8.33. The van der Waals surface area contributed by atoms with Gasteiger partial charge in [-0.1, -0.05) is 29.8 Å². The number of fused-ring (bicyclic) bond motifs is 1. The molecule has 0 radical (unpaired) electrons. The molecule has 2 aromatic carbocycles. The second-order valence-electron chi connectivity index (χ2n) is 7.31. The molecular weight excluding hydrogens is 400 g/mol.